The highest BCUT2D eigenvalue weighted by molar-refractivity contribution is 7.15. The lowest BCUT2D eigenvalue weighted by atomic mass is 10.0. The molecule has 0 bridgehead atoms. The number of nitrogens with two attached hydrogens (primary N) is 2. The molecular weight excluding hydrogens is 948 g/mol. The van der Waals surface area contributed by atoms with Crippen LogP contribution in [0.5, 0.6) is 0 Å². The number of imidazole rings is 2. The number of nitrogens with zero attached hydrogens (tertiary/aromatic N) is 9. The number of carbonyl (C=O) groups is 3. The summed E-state index contributed by atoms with van der Waals surface area (Å²) in [6.07, 6.45) is 11.0. The lowest BCUT2D eigenvalue weighted by Crippen LogP contribution is -2.47. The number of aromatic nitrogens is 8. The molecule has 18 nitrogen and oxygen atoms in total. The summed E-state index contributed by atoms with van der Waals surface area (Å²) in [4.78, 5) is 67.4. The Bertz CT molecular complexity index is 3080. The summed E-state index contributed by atoms with van der Waals surface area (Å²) < 4.78 is 9.54. The SMILES string of the molecule is C.C.CC(C)(C)OC(=O)N1CCC[C@@H](Nc2nccc(-c3c(-c4cccc(C(N)=O)c4)nc4sccn34)n2)C1.Cl.NC(=O)c1cccc(-c2nc3sccn3c2-c2ccnc(N[C@@H]3CCCNC3)n2)c1. The van der Waals surface area contributed by atoms with Crippen LogP contribution in [0.15, 0.2) is 96.2 Å². The molecule has 10 rings (SSSR count). The summed E-state index contributed by atoms with van der Waals surface area (Å²) in [5, 5.41) is 14.2. The molecule has 2 aromatic carbocycles. The maximum Gasteiger partial charge on any atom is 0.410 e. The van der Waals surface area contributed by atoms with Gasteiger partial charge < -0.3 is 37.1 Å². The molecule has 0 saturated carbocycles. The number of carbonyl (C=O) groups excluding carboxylic acids is 3. The Balaban J connectivity index is 0.000000224. The van der Waals surface area contributed by atoms with Gasteiger partial charge in [0, 0.05) is 89.5 Å². The van der Waals surface area contributed by atoms with Gasteiger partial charge in [-0.1, -0.05) is 39.1 Å². The van der Waals surface area contributed by atoms with Gasteiger partial charge in [-0.2, -0.15) is 0 Å². The van der Waals surface area contributed by atoms with Crippen molar-refractivity contribution in [3.05, 3.63) is 107 Å². The van der Waals surface area contributed by atoms with Gasteiger partial charge in [0.25, 0.3) is 0 Å². The molecule has 368 valence electrons. The van der Waals surface area contributed by atoms with E-state index in [1.165, 1.54) is 11.3 Å². The maximum atomic E-state index is 12.6. The third-order valence-corrected chi connectivity index (χ3v) is 12.7. The number of fused-ring (bicyclic) bond motifs is 2. The summed E-state index contributed by atoms with van der Waals surface area (Å²) >= 11 is 3.06. The van der Waals surface area contributed by atoms with E-state index < -0.39 is 17.4 Å². The molecule has 2 aliphatic heterocycles. The van der Waals surface area contributed by atoms with Crippen molar-refractivity contribution in [1.29, 1.82) is 0 Å². The van der Waals surface area contributed by atoms with Crippen LogP contribution in [0.3, 0.4) is 0 Å². The molecule has 6 aromatic heterocycles. The van der Waals surface area contributed by atoms with Crippen molar-refractivity contribution in [2.45, 2.75) is 79.0 Å². The molecule has 3 amide bonds. The van der Waals surface area contributed by atoms with E-state index in [0.29, 0.717) is 53.5 Å². The molecule has 7 N–H and O–H groups in total. The number of hydrogen-bond acceptors (Lipinski definition) is 15. The molecule has 0 radical (unpaired) electrons. The zero-order valence-corrected chi connectivity index (χ0v) is 40.0. The number of hydrogen-bond donors (Lipinski definition) is 5. The highest BCUT2D eigenvalue weighted by atomic mass is 35.5. The van der Waals surface area contributed by atoms with Gasteiger partial charge in [-0.25, -0.2) is 34.7 Å². The van der Waals surface area contributed by atoms with Crippen LogP contribution in [-0.2, 0) is 4.74 Å². The van der Waals surface area contributed by atoms with Gasteiger partial charge in [-0.05, 0) is 89.4 Å². The predicted octanol–water partition coefficient (Wildman–Crippen LogP) is 8.91. The summed E-state index contributed by atoms with van der Waals surface area (Å²) in [6, 6.07) is 18.4. The van der Waals surface area contributed by atoms with Gasteiger partial charge in [0.15, 0.2) is 9.92 Å². The first kappa shape index (κ1) is 52.4. The number of primary amides is 2. The Hall–Kier alpha value is -7.00. The van der Waals surface area contributed by atoms with Gasteiger partial charge >= 0.3 is 6.09 Å². The molecule has 2 atom stereocenters. The quantitative estimate of drug-likeness (QED) is 0.0861. The fourth-order valence-corrected chi connectivity index (χ4v) is 9.58. The smallest absolute Gasteiger partial charge is 0.410 e. The lowest BCUT2D eigenvalue weighted by Gasteiger charge is -2.34. The number of piperidine rings is 2. The molecular formula is C49H59ClN14O4S2. The third kappa shape index (κ3) is 11.9. The minimum absolute atomic E-state index is 0. The zero-order valence-electron chi connectivity index (χ0n) is 37.6. The number of anilines is 2. The highest BCUT2D eigenvalue weighted by Crippen LogP contribution is 2.36. The zero-order chi connectivity index (χ0) is 46.7. The minimum atomic E-state index is -0.540. The van der Waals surface area contributed by atoms with Gasteiger partial charge in [-0.3, -0.25) is 18.4 Å². The van der Waals surface area contributed by atoms with E-state index in [4.69, 9.17) is 36.1 Å². The van der Waals surface area contributed by atoms with Gasteiger partial charge in [-0.15, -0.1) is 35.1 Å². The molecule has 70 heavy (non-hydrogen) atoms. The highest BCUT2D eigenvalue weighted by Gasteiger charge is 2.29. The number of likely N-dealkylation sites (tertiary alicyclic amines) is 1. The summed E-state index contributed by atoms with van der Waals surface area (Å²) in [5.74, 6) is 0.110. The molecule has 2 aliphatic rings. The van der Waals surface area contributed by atoms with Gasteiger partial charge in [0.2, 0.25) is 23.7 Å². The van der Waals surface area contributed by atoms with Crippen molar-refractivity contribution in [3.8, 4) is 45.3 Å². The van der Waals surface area contributed by atoms with E-state index in [-0.39, 0.29) is 39.4 Å². The van der Waals surface area contributed by atoms with E-state index in [9.17, 15) is 14.4 Å². The number of halogens is 1. The van der Waals surface area contributed by atoms with Crippen molar-refractivity contribution in [1.82, 2.24) is 48.9 Å². The van der Waals surface area contributed by atoms with E-state index in [2.05, 4.69) is 25.9 Å². The molecule has 2 fully saturated rings. The Morgan fingerprint density at radius 2 is 1.24 bits per heavy atom. The van der Waals surface area contributed by atoms with Crippen LogP contribution in [0, 0.1) is 0 Å². The van der Waals surface area contributed by atoms with E-state index in [1.807, 2.05) is 83.1 Å². The standard InChI is InChI=1S/C26H29N7O3S.C21H21N7OS.2CH4.ClH/c1-26(2,3)36-25(35)32-11-5-8-18(15-32)29-23-28-10-9-19(30-23)21-20(31-24-33(21)12-13-37-24)16-6-4-7-17(14-16)22(27)34;22-19(29)14-4-1-3-13(11-14)17-18(28-9-10-30-21(28)27-17)16-6-8-24-20(26-16)25-15-5-2-7-23-12-15;;;/h4,6-7,9-10,12-14,18H,5,8,11,15H2,1-3H3,(H2,27,34)(H,28,29,30);1,3-4,6,8-11,15,23H,2,5,7,12H2,(H2,22,29)(H,24,25,26);2*1H4;1H/t18-;15-;;;/m11.../s1. The van der Waals surface area contributed by atoms with Gasteiger partial charge in [0.05, 0.1) is 22.8 Å². The molecule has 8 heterocycles. The minimum Gasteiger partial charge on any atom is -0.444 e. The summed E-state index contributed by atoms with van der Waals surface area (Å²) in [7, 11) is 0. The summed E-state index contributed by atoms with van der Waals surface area (Å²) in [6.45, 7) is 8.72. The number of amides is 3. The summed E-state index contributed by atoms with van der Waals surface area (Å²) in [5.41, 5.74) is 17.5. The number of ether oxygens (including phenoxy) is 1. The van der Waals surface area contributed by atoms with Crippen molar-refractivity contribution >= 4 is 74.8 Å². The average molecular weight is 1010 g/mol. The van der Waals surface area contributed by atoms with Crippen LogP contribution in [0.4, 0.5) is 16.7 Å². The Morgan fingerprint density at radius 1 is 0.729 bits per heavy atom. The Morgan fingerprint density at radius 3 is 1.73 bits per heavy atom. The first-order valence-electron chi connectivity index (χ1n) is 22.0. The average Bonchev–Trinajstić information content (AvgIpc) is 4.12. The second kappa shape index (κ2) is 22.6. The molecule has 0 unspecified atom stereocenters. The molecule has 8 aromatic rings. The monoisotopic (exact) mass is 1010 g/mol. The van der Waals surface area contributed by atoms with Crippen LogP contribution >= 0.6 is 35.1 Å². The molecule has 21 heteroatoms. The fraction of sp³-hybridized carbons (Fsp3) is 0.327. The van der Waals surface area contributed by atoms with E-state index >= 15 is 0 Å². The van der Waals surface area contributed by atoms with Crippen LogP contribution in [0.2, 0.25) is 0 Å². The lowest BCUT2D eigenvalue weighted by molar-refractivity contribution is 0.0206. The van der Waals surface area contributed by atoms with Crippen LogP contribution < -0.4 is 27.4 Å². The molecule has 0 aliphatic carbocycles. The Kier molecular flexibility index (Phi) is 16.9. The number of benzene rings is 2. The van der Waals surface area contributed by atoms with Crippen LogP contribution in [-0.4, -0.2) is 105 Å². The largest absolute Gasteiger partial charge is 0.444 e. The van der Waals surface area contributed by atoms with E-state index in [1.54, 1.807) is 59.0 Å². The first-order chi connectivity index (χ1) is 32.4. The van der Waals surface area contributed by atoms with Crippen molar-refractivity contribution in [3.63, 3.8) is 0 Å². The second-order valence-electron chi connectivity index (χ2n) is 17.2. The maximum absolute atomic E-state index is 12.6. The van der Waals surface area contributed by atoms with Crippen LogP contribution in [0.25, 0.3) is 55.2 Å². The number of nitrogens with one attached hydrogen (secondary N) is 3. The van der Waals surface area contributed by atoms with Crippen molar-refractivity contribution < 1.29 is 19.1 Å². The Labute approximate surface area is 420 Å². The second-order valence-corrected chi connectivity index (χ2v) is 19.0. The molecule has 0 spiro atoms. The first-order valence-corrected chi connectivity index (χ1v) is 23.7. The van der Waals surface area contributed by atoms with Gasteiger partial charge in [0.1, 0.15) is 17.0 Å². The normalized spacial score (nSPS) is 15.6. The third-order valence-electron chi connectivity index (χ3n) is 11.2. The topological polar surface area (TPSA) is 238 Å². The van der Waals surface area contributed by atoms with Crippen molar-refractivity contribution in [2.24, 2.45) is 11.5 Å². The van der Waals surface area contributed by atoms with Crippen molar-refractivity contribution in [2.75, 3.05) is 36.8 Å². The number of thiazole rings is 2. The molecule has 2 saturated heterocycles. The predicted molar refractivity (Wildman–Crippen MR) is 281 cm³/mol. The number of rotatable bonds is 10. The van der Waals surface area contributed by atoms with Crippen LogP contribution in [0.1, 0.15) is 82.0 Å². The van der Waals surface area contributed by atoms with E-state index in [0.717, 1.165) is 82.6 Å². The fourth-order valence-electron chi connectivity index (χ4n) is 8.15.